The molecule has 8 nitrogen and oxygen atoms in total. The van der Waals surface area contributed by atoms with Gasteiger partial charge in [0.05, 0.1) is 23.6 Å². The molecular weight excluding hydrogens is 411 g/mol. The number of rotatable bonds is 3. The number of carbonyl (C=O) groups excluding carboxylic acids is 1. The fourth-order valence-corrected chi connectivity index (χ4v) is 4.84. The average Bonchev–Trinajstić information content (AvgIpc) is 3.54. The Bertz CT molecular complexity index is 1300. The van der Waals surface area contributed by atoms with E-state index in [9.17, 15) is 9.18 Å². The zero-order chi connectivity index (χ0) is 21.8. The largest absolute Gasteiger partial charge is 0.423 e. The van der Waals surface area contributed by atoms with E-state index in [0.717, 1.165) is 18.7 Å². The van der Waals surface area contributed by atoms with Crippen LogP contribution in [-0.2, 0) is 0 Å². The minimum absolute atomic E-state index is 0.000660. The van der Waals surface area contributed by atoms with Crippen LogP contribution >= 0.6 is 0 Å². The van der Waals surface area contributed by atoms with Crippen molar-refractivity contribution in [3.8, 4) is 5.69 Å². The molecule has 2 aliphatic heterocycles. The Morgan fingerprint density at radius 1 is 1.03 bits per heavy atom. The van der Waals surface area contributed by atoms with Crippen LogP contribution in [0.4, 0.5) is 10.4 Å². The van der Waals surface area contributed by atoms with Crippen LogP contribution in [0.1, 0.15) is 15.9 Å². The molecule has 2 aromatic carbocycles. The average molecular weight is 432 g/mol. The second-order valence-electron chi connectivity index (χ2n) is 8.58. The molecule has 2 saturated heterocycles. The standard InChI is InChI=1S/C23H21FN6O2/c1-14-2-5-20(30-25-6-7-26-30)18(8-14)22(31)28-10-15-12-29(13-16(15)11-28)23-27-19-4-3-17(24)9-21(19)32-23/h2-9,15-16H,10-13H2,1H3. The molecule has 0 N–H and O–H groups in total. The van der Waals surface area contributed by atoms with E-state index in [1.54, 1.807) is 18.5 Å². The highest BCUT2D eigenvalue weighted by Crippen LogP contribution is 2.35. The molecule has 4 aromatic rings. The van der Waals surface area contributed by atoms with Gasteiger partial charge < -0.3 is 14.2 Å². The maximum atomic E-state index is 13.5. The number of aryl methyl sites for hydroxylation is 1. The van der Waals surface area contributed by atoms with Crippen LogP contribution in [-0.4, -0.2) is 57.0 Å². The van der Waals surface area contributed by atoms with Crippen LogP contribution in [0.5, 0.6) is 0 Å². The molecular formula is C23H21FN6O2. The second-order valence-corrected chi connectivity index (χ2v) is 8.58. The number of fused-ring (bicyclic) bond motifs is 2. The molecule has 32 heavy (non-hydrogen) atoms. The van der Waals surface area contributed by atoms with Gasteiger partial charge in [0.2, 0.25) is 0 Å². The van der Waals surface area contributed by atoms with Crippen molar-refractivity contribution in [3.63, 3.8) is 0 Å². The fourth-order valence-electron chi connectivity index (χ4n) is 4.84. The van der Waals surface area contributed by atoms with Crippen LogP contribution in [0.15, 0.2) is 53.2 Å². The lowest BCUT2D eigenvalue weighted by Crippen LogP contribution is -2.34. The van der Waals surface area contributed by atoms with Crippen LogP contribution in [0.25, 0.3) is 16.8 Å². The molecule has 2 aromatic heterocycles. The van der Waals surface area contributed by atoms with Crippen LogP contribution in [0, 0.1) is 24.6 Å². The molecule has 0 saturated carbocycles. The number of halogens is 1. The highest BCUT2D eigenvalue weighted by atomic mass is 19.1. The smallest absolute Gasteiger partial charge is 0.298 e. The summed E-state index contributed by atoms with van der Waals surface area (Å²) in [6, 6.07) is 10.6. The van der Waals surface area contributed by atoms with Crippen molar-refractivity contribution in [2.45, 2.75) is 6.92 Å². The lowest BCUT2D eigenvalue weighted by Gasteiger charge is -2.22. The zero-order valence-corrected chi connectivity index (χ0v) is 17.5. The molecule has 0 bridgehead atoms. The predicted molar refractivity (Wildman–Crippen MR) is 115 cm³/mol. The van der Waals surface area contributed by atoms with Crippen molar-refractivity contribution < 1.29 is 13.6 Å². The number of benzene rings is 2. The molecule has 9 heteroatoms. The van der Waals surface area contributed by atoms with Crippen molar-refractivity contribution >= 4 is 23.0 Å². The number of carbonyl (C=O) groups is 1. The van der Waals surface area contributed by atoms with Gasteiger partial charge in [0, 0.05) is 44.1 Å². The number of anilines is 1. The van der Waals surface area contributed by atoms with Gasteiger partial charge in [0.1, 0.15) is 11.3 Å². The Morgan fingerprint density at radius 3 is 2.53 bits per heavy atom. The van der Waals surface area contributed by atoms with E-state index in [1.165, 1.54) is 16.9 Å². The van der Waals surface area contributed by atoms with E-state index < -0.39 is 0 Å². The van der Waals surface area contributed by atoms with E-state index in [-0.39, 0.29) is 11.7 Å². The summed E-state index contributed by atoms with van der Waals surface area (Å²) in [6.07, 6.45) is 3.20. The first-order valence-corrected chi connectivity index (χ1v) is 10.6. The van der Waals surface area contributed by atoms with Gasteiger partial charge in [0.15, 0.2) is 5.58 Å². The Morgan fingerprint density at radius 2 is 1.78 bits per heavy atom. The van der Waals surface area contributed by atoms with E-state index in [2.05, 4.69) is 20.1 Å². The third-order valence-corrected chi connectivity index (χ3v) is 6.40. The minimum Gasteiger partial charge on any atom is -0.423 e. The minimum atomic E-state index is -0.339. The molecule has 2 aliphatic rings. The van der Waals surface area contributed by atoms with Crippen LogP contribution < -0.4 is 4.90 Å². The number of hydrogen-bond acceptors (Lipinski definition) is 6. The molecule has 0 radical (unpaired) electrons. The maximum Gasteiger partial charge on any atom is 0.298 e. The van der Waals surface area contributed by atoms with E-state index in [1.807, 2.05) is 30.0 Å². The van der Waals surface area contributed by atoms with Gasteiger partial charge in [-0.2, -0.15) is 20.0 Å². The summed E-state index contributed by atoms with van der Waals surface area (Å²) >= 11 is 0. The summed E-state index contributed by atoms with van der Waals surface area (Å²) < 4.78 is 19.3. The summed E-state index contributed by atoms with van der Waals surface area (Å²) in [6.45, 7) is 4.83. The highest BCUT2D eigenvalue weighted by Gasteiger charge is 2.43. The van der Waals surface area contributed by atoms with Crippen LogP contribution in [0.3, 0.4) is 0 Å². The van der Waals surface area contributed by atoms with Gasteiger partial charge in [-0.1, -0.05) is 11.6 Å². The van der Waals surface area contributed by atoms with Crippen molar-refractivity contribution in [1.29, 1.82) is 0 Å². The Kier molecular flexibility index (Phi) is 4.24. The zero-order valence-electron chi connectivity index (χ0n) is 17.5. The third kappa shape index (κ3) is 3.12. The molecule has 0 aliphatic carbocycles. The number of oxazole rings is 1. The van der Waals surface area contributed by atoms with Crippen molar-refractivity contribution in [3.05, 3.63) is 65.7 Å². The van der Waals surface area contributed by atoms with Gasteiger partial charge in [0.25, 0.3) is 11.9 Å². The van der Waals surface area contributed by atoms with E-state index in [4.69, 9.17) is 4.42 Å². The number of likely N-dealkylation sites (tertiary alicyclic amines) is 1. The summed E-state index contributed by atoms with van der Waals surface area (Å²) in [5, 5.41) is 8.39. The van der Waals surface area contributed by atoms with Crippen molar-refractivity contribution in [2.24, 2.45) is 11.8 Å². The number of hydrogen-bond donors (Lipinski definition) is 0. The topological polar surface area (TPSA) is 80.3 Å². The summed E-state index contributed by atoms with van der Waals surface area (Å²) in [5.74, 6) is 0.330. The monoisotopic (exact) mass is 432 g/mol. The quantitative estimate of drug-likeness (QED) is 0.495. The predicted octanol–water partition coefficient (Wildman–Crippen LogP) is 3.06. The summed E-state index contributed by atoms with van der Waals surface area (Å²) in [7, 11) is 0. The first kappa shape index (κ1) is 19.0. The lowest BCUT2D eigenvalue weighted by atomic mass is 10.0. The van der Waals surface area contributed by atoms with Gasteiger partial charge in [-0.3, -0.25) is 4.79 Å². The molecule has 1 amide bonds. The van der Waals surface area contributed by atoms with Crippen molar-refractivity contribution in [1.82, 2.24) is 24.9 Å². The third-order valence-electron chi connectivity index (χ3n) is 6.40. The maximum absolute atomic E-state index is 13.5. The molecule has 2 fully saturated rings. The Hall–Kier alpha value is -3.75. The summed E-state index contributed by atoms with van der Waals surface area (Å²) in [5.41, 5.74) is 3.41. The molecule has 2 unspecified atom stereocenters. The Labute approximate surface area is 183 Å². The van der Waals surface area contributed by atoms with Gasteiger partial charge >= 0.3 is 0 Å². The molecule has 162 valence electrons. The fraction of sp³-hybridized carbons (Fsp3) is 0.304. The molecule has 6 rings (SSSR count). The lowest BCUT2D eigenvalue weighted by molar-refractivity contribution is 0.0782. The second kappa shape index (κ2) is 7.15. The SMILES string of the molecule is Cc1ccc(-n2nccn2)c(C(=O)N2CC3CN(c4nc5ccc(F)cc5o4)CC3C2)c1. The Balaban J connectivity index is 1.20. The van der Waals surface area contributed by atoms with Gasteiger partial charge in [-0.15, -0.1) is 0 Å². The first-order chi connectivity index (χ1) is 15.5. The normalized spacial score (nSPS) is 20.3. The molecule has 0 spiro atoms. The first-order valence-electron chi connectivity index (χ1n) is 10.6. The number of nitrogens with zero attached hydrogens (tertiary/aromatic N) is 6. The van der Waals surface area contributed by atoms with E-state index in [0.29, 0.717) is 53.3 Å². The van der Waals surface area contributed by atoms with Gasteiger partial charge in [-0.25, -0.2) is 4.39 Å². The van der Waals surface area contributed by atoms with E-state index >= 15 is 0 Å². The summed E-state index contributed by atoms with van der Waals surface area (Å²) in [4.78, 5) is 23.4. The van der Waals surface area contributed by atoms with Gasteiger partial charge in [-0.05, 0) is 31.2 Å². The van der Waals surface area contributed by atoms with Crippen molar-refractivity contribution in [2.75, 3.05) is 31.1 Å². The number of amides is 1. The highest BCUT2D eigenvalue weighted by molar-refractivity contribution is 5.98. The molecule has 4 heterocycles. The van der Waals surface area contributed by atoms with Crippen LogP contribution in [0.2, 0.25) is 0 Å². The molecule has 2 atom stereocenters. The number of aromatic nitrogens is 4.